The Balaban J connectivity index is 2.61. The van der Waals surface area contributed by atoms with E-state index < -0.39 is 0 Å². The molecule has 70 valence electrons. The van der Waals surface area contributed by atoms with Crippen molar-refractivity contribution in [1.29, 1.82) is 0 Å². The van der Waals surface area contributed by atoms with Crippen LogP contribution in [0.2, 0.25) is 0 Å². The normalized spacial score (nSPS) is 9.69. The molecule has 0 fully saturated rings. The second kappa shape index (κ2) is 5.07. The van der Waals surface area contributed by atoms with Crippen molar-refractivity contribution in [2.24, 2.45) is 0 Å². The molecular weight excluding hydrogens is 228 g/mol. The molecule has 0 aliphatic heterocycles. The monoisotopic (exact) mass is 240 g/mol. The molecular formula is C11H13BrO. The van der Waals surface area contributed by atoms with E-state index in [4.69, 9.17) is 4.74 Å². The highest BCUT2D eigenvalue weighted by Gasteiger charge is 1.99. The summed E-state index contributed by atoms with van der Waals surface area (Å²) in [6.45, 7) is 6.38. The van der Waals surface area contributed by atoms with Crippen LogP contribution < -0.4 is 4.74 Å². The molecule has 0 radical (unpaired) electrons. The molecule has 0 heterocycles. The molecule has 0 spiro atoms. The SMILES string of the molecule is C=CCCOc1ccc(C)cc1Br. The molecule has 0 aromatic heterocycles. The van der Waals surface area contributed by atoms with Crippen molar-refractivity contribution in [2.75, 3.05) is 6.61 Å². The van der Waals surface area contributed by atoms with Crippen LogP contribution in [-0.2, 0) is 0 Å². The van der Waals surface area contributed by atoms with Crippen molar-refractivity contribution in [1.82, 2.24) is 0 Å². The van der Waals surface area contributed by atoms with Crippen molar-refractivity contribution in [2.45, 2.75) is 13.3 Å². The van der Waals surface area contributed by atoms with E-state index in [-0.39, 0.29) is 0 Å². The minimum absolute atomic E-state index is 0.686. The van der Waals surface area contributed by atoms with Gasteiger partial charge in [-0.1, -0.05) is 12.1 Å². The van der Waals surface area contributed by atoms with E-state index in [0.29, 0.717) is 6.61 Å². The van der Waals surface area contributed by atoms with E-state index in [1.165, 1.54) is 5.56 Å². The van der Waals surface area contributed by atoms with E-state index in [0.717, 1.165) is 16.6 Å². The predicted molar refractivity (Wildman–Crippen MR) is 59.2 cm³/mol. The second-order valence-corrected chi connectivity index (χ2v) is 3.71. The van der Waals surface area contributed by atoms with Crippen LogP contribution in [0.15, 0.2) is 35.3 Å². The first kappa shape index (κ1) is 10.3. The van der Waals surface area contributed by atoms with Gasteiger partial charge in [-0.25, -0.2) is 0 Å². The Morgan fingerprint density at radius 2 is 2.31 bits per heavy atom. The van der Waals surface area contributed by atoms with Gasteiger partial charge in [0.05, 0.1) is 11.1 Å². The number of aryl methyl sites for hydroxylation is 1. The number of hydrogen-bond acceptors (Lipinski definition) is 1. The molecule has 1 aromatic rings. The Hall–Kier alpha value is -0.760. The van der Waals surface area contributed by atoms with E-state index in [2.05, 4.69) is 29.4 Å². The van der Waals surface area contributed by atoms with E-state index in [9.17, 15) is 0 Å². The molecule has 2 heteroatoms. The van der Waals surface area contributed by atoms with Crippen molar-refractivity contribution in [3.05, 3.63) is 40.9 Å². The molecule has 0 atom stereocenters. The minimum Gasteiger partial charge on any atom is -0.492 e. The van der Waals surface area contributed by atoms with Crippen LogP contribution in [0.4, 0.5) is 0 Å². The lowest BCUT2D eigenvalue weighted by molar-refractivity contribution is 0.323. The maximum Gasteiger partial charge on any atom is 0.133 e. The fourth-order valence-corrected chi connectivity index (χ4v) is 1.58. The van der Waals surface area contributed by atoms with Gasteiger partial charge in [0.25, 0.3) is 0 Å². The zero-order valence-corrected chi connectivity index (χ0v) is 9.30. The number of benzene rings is 1. The van der Waals surface area contributed by atoms with Crippen molar-refractivity contribution in [3.8, 4) is 5.75 Å². The summed E-state index contributed by atoms with van der Waals surface area (Å²) in [6, 6.07) is 6.06. The Morgan fingerprint density at radius 1 is 1.54 bits per heavy atom. The van der Waals surface area contributed by atoms with Crippen LogP contribution >= 0.6 is 15.9 Å². The smallest absolute Gasteiger partial charge is 0.133 e. The summed E-state index contributed by atoms with van der Waals surface area (Å²) >= 11 is 3.45. The molecule has 1 aromatic carbocycles. The largest absolute Gasteiger partial charge is 0.492 e. The molecule has 0 saturated carbocycles. The van der Waals surface area contributed by atoms with Gasteiger partial charge in [-0.2, -0.15) is 0 Å². The molecule has 0 N–H and O–H groups in total. The Morgan fingerprint density at radius 3 is 2.92 bits per heavy atom. The molecule has 0 aliphatic carbocycles. The highest BCUT2D eigenvalue weighted by Crippen LogP contribution is 2.25. The topological polar surface area (TPSA) is 9.23 Å². The zero-order valence-electron chi connectivity index (χ0n) is 7.72. The minimum atomic E-state index is 0.686. The molecule has 13 heavy (non-hydrogen) atoms. The van der Waals surface area contributed by atoms with E-state index in [1.54, 1.807) is 0 Å². The van der Waals surface area contributed by atoms with Crippen molar-refractivity contribution in [3.63, 3.8) is 0 Å². The quantitative estimate of drug-likeness (QED) is 0.576. The summed E-state index contributed by atoms with van der Waals surface area (Å²) in [7, 11) is 0. The first-order valence-corrected chi connectivity index (χ1v) is 5.03. The fourth-order valence-electron chi connectivity index (χ4n) is 0.975. The third-order valence-corrected chi connectivity index (χ3v) is 2.29. The number of rotatable bonds is 4. The third-order valence-electron chi connectivity index (χ3n) is 1.67. The molecule has 0 bridgehead atoms. The standard InChI is InChI=1S/C11H13BrO/c1-3-4-7-13-11-6-5-9(2)8-10(11)12/h3,5-6,8H,1,4,7H2,2H3. The molecule has 0 unspecified atom stereocenters. The summed E-state index contributed by atoms with van der Waals surface area (Å²) in [4.78, 5) is 0. The van der Waals surface area contributed by atoms with Crippen molar-refractivity contribution < 1.29 is 4.74 Å². The molecule has 1 nitrogen and oxygen atoms in total. The average Bonchev–Trinajstić information content (AvgIpc) is 2.09. The van der Waals surface area contributed by atoms with Crippen LogP contribution in [-0.4, -0.2) is 6.61 Å². The average molecular weight is 241 g/mol. The fraction of sp³-hybridized carbons (Fsp3) is 0.273. The predicted octanol–water partition coefficient (Wildman–Crippen LogP) is 3.71. The summed E-state index contributed by atoms with van der Waals surface area (Å²) in [5.41, 5.74) is 1.22. The Bertz CT molecular complexity index is 294. The van der Waals surface area contributed by atoms with Gasteiger partial charge >= 0.3 is 0 Å². The maximum atomic E-state index is 5.51. The van der Waals surface area contributed by atoms with Gasteiger partial charge in [0, 0.05) is 0 Å². The summed E-state index contributed by atoms with van der Waals surface area (Å²) in [6.07, 6.45) is 2.72. The summed E-state index contributed by atoms with van der Waals surface area (Å²) in [5.74, 6) is 0.896. The van der Waals surface area contributed by atoms with Gasteiger partial charge in [0.15, 0.2) is 0 Å². The van der Waals surface area contributed by atoms with Crippen LogP contribution in [0.25, 0.3) is 0 Å². The van der Waals surface area contributed by atoms with Crippen LogP contribution in [0.5, 0.6) is 5.75 Å². The highest BCUT2D eigenvalue weighted by atomic mass is 79.9. The number of ether oxygens (including phenoxy) is 1. The lowest BCUT2D eigenvalue weighted by atomic mass is 10.2. The first-order valence-electron chi connectivity index (χ1n) is 4.24. The lowest BCUT2D eigenvalue weighted by Gasteiger charge is -2.06. The third kappa shape index (κ3) is 3.23. The Labute approximate surface area is 87.5 Å². The van der Waals surface area contributed by atoms with Gasteiger partial charge in [-0.15, -0.1) is 6.58 Å². The lowest BCUT2D eigenvalue weighted by Crippen LogP contribution is -1.96. The van der Waals surface area contributed by atoms with Crippen molar-refractivity contribution >= 4 is 15.9 Å². The van der Waals surface area contributed by atoms with Crippen LogP contribution in [0.1, 0.15) is 12.0 Å². The van der Waals surface area contributed by atoms with Gasteiger partial charge < -0.3 is 4.74 Å². The number of halogens is 1. The molecule has 0 saturated heterocycles. The van der Waals surface area contributed by atoms with Gasteiger partial charge in [-0.3, -0.25) is 0 Å². The van der Waals surface area contributed by atoms with Crippen LogP contribution in [0.3, 0.4) is 0 Å². The molecule has 0 amide bonds. The number of hydrogen-bond donors (Lipinski definition) is 0. The van der Waals surface area contributed by atoms with E-state index >= 15 is 0 Å². The molecule has 1 rings (SSSR count). The zero-order chi connectivity index (χ0) is 9.68. The maximum absolute atomic E-state index is 5.51. The Kier molecular flexibility index (Phi) is 4.03. The molecule has 0 aliphatic rings. The van der Waals surface area contributed by atoms with E-state index in [1.807, 2.05) is 24.3 Å². The van der Waals surface area contributed by atoms with Gasteiger partial charge in [-0.05, 0) is 47.0 Å². The summed E-state index contributed by atoms with van der Waals surface area (Å²) < 4.78 is 6.52. The highest BCUT2D eigenvalue weighted by molar-refractivity contribution is 9.10. The first-order chi connectivity index (χ1) is 6.24. The summed E-state index contributed by atoms with van der Waals surface area (Å²) in [5, 5.41) is 0. The van der Waals surface area contributed by atoms with Gasteiger partial charge in [0.1, 0.15) is 5.75 Å². The second-order valence-electron chi connectivity index (χ2n) is 2.86. The van der Waals surface area contributed by atoms with Gasteiger partial charge in [0.2, 0.25) is 0 Å². The van der Waals surface area contributed by atoms with Crippen LogP contribution in [0, 0.1) is 6.92 Å².